The van der Waals surface area contributed by atoms with Crippen LogP contribution in [0.25, 0.3) is 21.1 Å². The van der Waals surface area contributed by atoms with Crippen molar-refractivity contribution in [3.8, 4) is 0 Å². The molecule has 0 unspecified atom stereocenters. The number of nitrogen functional groups attached to an aromatic ring is 1. The Balaban J connectivity index is 1.56. The molecule has 7 heteroatoms. The van der Waals surface area contributed by atoms with E-state index in [-0.39, 0.29) is 0 Å². The van der Waals surface area contributed by atoms with Gasteiger partial charge < -0.3 is 16.2 Å². The first-order valence-electron chi connectivity index (χ1n) is 7.48. The Morgan fingerprint density at radius 1 is 1.17 bits per heavy atom. The number of hydrogen-bond donors (Lipinski definition) is 3. The number of thiophene rings is 1. The molecule has 4 aromatic rings. The lowest BCUT2D eigenvalue weighted by molar-refractivity contribution is 0.195. The first-order chi connectivity index (χ1) is 11.7. The van der Waals surface area contributed by atoms with Crippen molar-refractivity contribution in [2.45, 2.75) is 6.10 Å². The van der Waals surface area contributed by atoms with Gasteiger partial charge in [-0.05, 0) is 29.7 Å². The smallest absolute Gasteiger partial charge is 0.166 e. The van der Waals surface area contributed by atoms with Crippen LogP contribution in [0.3, 0.4) is 0 Å². The van der Waals surface area contributed by atoms with Crippen molar-refractivity contribution in [3.05, 3.63) is 53.7 Å². The van der Waals surface area contributed by atoms with E-state index in [0.29, 0.717) is 23.8 Å². The second-order valence-corrected chi connectivity index (χ2v) is 6.53. The standard InChI is InChI=1S/C17H15N5OS/c18-15-6-5-11-16(20-9-21-17(11)22-15)19-8-12(23)14-7-10-3-1-2-4-13(10)24-14/h1-7,9,12,23H,8H2,(H3,18,19,20,21,22)/t12-/m0/s1. The van der Waals surface area contributed by atoms with Crippen LogP contribution in [-0.4, -0.2) is 26.6 Å². The van der Waals surface area contributed by atoms with Crippen LogP contribution in [-0.2, 0) is 0 Å². The molecular weight excluding hydrogens is 322 g/mol. The SMILES string of the molecule is Nc1ccc2c(NC[C@H](O)c3cc4ccccc4s3)ncnc2n1. The molecule has 0 saturated carbocycles. The average molecular weight is 337 g/mol. The number of aliphatic hydroxyl groups excluding tert-OH is 1. The van der Waals surface area contributed by atoms with Gasteiger partial charge in [-0.1, -0.05) is 18.2 Å². The monoisotopic (exact) mass is 337 g/mol. The molecule has 0 aliphatic carbocycles. The van der Waals surface area contributed by atoms with Crippen LogP contribution >= 0.6 is 11.3 Å². The van der Waals surface area contributed by atoms with Gasteiger partial charge in [-0.25, -0.2) is 15.0 Å². The molecule has 1 atom stereocenters. The number of benzene rings is 1. The minimum absolute atomic E-state index is 0.351. The highest BCUT2D eigenvalue weighted by Crippen LogP contribution is 2.30. The lowest BCUT2D eigenvalue weighted by Crippen LogP contribution is -2.12. The summed E-state index contributed by atoms with van der Waals surface area (Å²) in [5.74, 6) is 1.05. The Morgan fingerprint density at radius 3 is 2.92 bits per heavy atom. The summed E-state index contributed by atoms with van der Waals surface area (Å²) < 4.78 is 1.17. The molecule has 0 fully saturated rings. The molecule has 0 aliphatic rings. The van der Waals surface area contributed by atoms with Crippen molar-refractivity contribution in [1.82, 2.24) is 15.0 Å². The molecule has 24 heavy (non-hydrogen) atoms. The number of aliphatic hydroxyl groups is 1. The third kappa shape index (κ3) is 2.75. The fourth-order valence-corrected chi connectivity index (χ4v) is 3.61. The van der Waals surface area contributed by atoms with Crippen molar-refractivity contribution in [1.29, 1.82) is 0 Å². The van der Waals surface area contributed by atoms with Crippen molar-refractivity contribution >= 4 is 44.1 Å². The average Bonchev–Trinajstić information content (AvgIpc) is 3.03. The number of hydrogen-bond acceptors (Lipinski definition) is 7. The molecule has 0 radical (unpaired) electrons. The van der Waals surface area contributed by atoms with E-state index in [0.717, 1.165) is 15.6 Å². The van der Waals surface area contributed by atoms with Gasteiger partial charge in [-0.3, -0.25) is 0 Å². The molecule has 0 aliphatic heterocycles. The van der Waals surface area contributed by atoms with E-state index in [4.69, 9.17) is 5.73 Å². The van der Waals surface area contributed by atoms with E-state index >= 15 is 0 Å². The topological polar surface area (TPSA) is 97.0 Å². The second-order valence-electron chi connectivity index (χ2n) is 5.41. The fourth-order valence-electron chi connectivity index (χ4n) is 2.56. The zero-order valence-corrected chi connectivity index (χ0v) is 13.5. The van der Waals surface area contributed by atoms with Gasteiger partial charge in [0.05, 0.1) is 5.39 Å². The Labute approximate surface area is 142 Å². The molecule has 6 nitrogen and oxygen atoms in total. The summed E-state index contributed by atoms with van der Waals surface area (Å²) in [6.07, 6.45) is 0.817. The van der Waals surface area contributed by atoms with Crippen LogP contribution in [0, 0.1) is 0 Å². The Bertz CT molecular complexity index is 983. The number of nitrogens with two attached hydrogens (primary N) is 1. The van der Waals surface area contributed by atoms with E-state index < -0.39 is 6.10 Å². The quantitative estimate of drug-likeness (QED) is 0.530. The zero-order valence-electron chi connectivity index (χ0n) is 12.7. The number of aromatic nitrogens is 3. The molecule has 0 spiro atoms. The van der Waals surface area contributed by atoms with Crippen LogP contribution < -0.4 is 11.1 Å². The molecule has 4 rings (SSSR count). The molecular formula is C17H15N5OS. The van der Waals surface area contributed by atoms with E-state index in [1.807, 2.05) is 30.3 Å². The van der Waals surface area contributed by atoms with Gasteiger partial charge in [-0.15, -0.1) is 11.3 Å². The number of nitrogens with zero attached hydrogens (tertiary/aromatic N) is 3. The highest BCUT2D eigenvalue weighted by molar-refractivity contribution is 7.19. The number of fused-ring (bicyclic) bond motifs is 2. The highest BCUT2D eigenvalue weighted by atomic mass is 32.1. The second kappa shape index (κ2) is 6.03. The van der Waals surface area contributed by atoms with Crippen LogP contribution in [0.4, 0.5) is 11.6 Å². The molecule has 3 heterocycles. The van der Waals surface area contributed by atoms with Crippen molar-refractivity contribution in [2.75, 3.05) is 17.6 Å². The summed E-state index contributed by atoms with van der Waals surface area (Å²) in [6.45, 7) is 0.351. The summed E-state index contributed by atoms with van der Waals surface area (Å²) in [5, 5.41) is 15.6. The lowest BCUT2D eigenvalue weighted by Gasteiger charge is -2.12. The zero-order chi connectivity index (χ0) is 16.5. The van der Waals surface area contributed by atoms with Gasteiger partial charge >= 0.3 is 0 Å². The van der Waals surface area contributed by atoms with Gasteiger partial charge in [0.25, 0.3) is 0 Å². The van der Waals surface area contributed by atoms with Crippen LogP contribution in [0.1, 0.15) is 11.0 Å². The molecule has 0 saturated heterocycles. The van der Waals surface area contributed by atoms with Crippen molar-refractivity contribution < 1.29 is 5.11 Å². The predicted molar refractivity (Wildman–Crippen MR) is 97.0 cm³/mol. The minimum atomic E-state index is -0.617. The summed E-state index contributed by atoms with van der Waals surface area (Å²) in [7, 11) is 0. The van der Waals surface area contributed by atoms with Crippen LogP contribution in [0.2, 0.25) is 0 Å². The van der Waals surface area contributed by atoms with Crippen LogP contribution in [0.15, 0.2) is 48.8 Å². The molecule has 3 aromatic heterocycles. The predicted octanol–water partition coefficient (Wildman–Crippen LogP) is 2.97. The molecule has 4 N–H and O–H groups in total. The van der Waals surface area contributed by atoms with Gasteiger partial charge in [-0.2, -0.15) is 0 Å². The Kier molecular flexibility index (Phi) is 3.72. The molecule has 0 amide bonds. The number of rotatable bonds is 4. The van der Waals surface area contributed by atoms with Crippen molar-refractivity contribution in [2.24, 2.45) is 0 Å². The van der Waals surface area contributed by atoms with Crippen LogP contribution in [0.5, 0.6) is 0 Å². The third-order valence-electron chi connectivity index (χ3n) is 3.75. The first kappa shape index (κ1) is 14.8. The Morgan fingerprint density at radius 2 is 2.04 bits per heavy atom. The molecule has 1 aromatic carbocycles. The maximum absolute atomic E-state index is 10.5. The summed E-state index contributed by atoms with van der Waals surface area (Å²) in [6, 6.07) is 13.6. The lowest BCUT2D eigenvalue weighted by atomic mass is 10.2. The summed E-state index contributed by atoms with van der Waals surface area (Å²) in [5.41, 5.74) is 6.21. The van der Waals surface area contributed by atoms with Gasteiger partial charge in [0, 0.05) is 16.1 Å². The normalized spacial score (nSPS) is 12.5. The first-order valence-corrected chi connectivity index (χ1v) is 8.30. The Hall–Kier alpha value is -2.77. The van der Waals surface area contributed by atoms with Crippen molar-refractivity contribution in [3.63, 3.8) is 0 Å². The van der Waals surface area contributed by atoms with Gasteiger partial charge in [0.1, 0.15) is 24.1 Å². The maximum atomic E-state index is 10.5. The third-order valence-corrected chi connectivity index (χ3v) is 4.97. The van der Waals surface area contributed by atoms with E-state index in [9.17, 15) is 5.11 Å². The summed E-state index contributed by atoms with van der Waals surface area (Å²) in [4.78, 5) is 13.4. The van der Waals surface area contributed by atoms with E-state index in [1.165, 1.54) is 11.0 Å². The molecule has 120 valence electrons. The summed E-state index contributed by atoms with van der Waals surface area (Å²) >= 11 is 1.59. The largest absolute Gasteiger partial charge is 0.386 e. The van der Waals surface area contributed by atoms with Gasteiger partial charge in [0.2, 0.25) is 0 Å². The number of anilines is 2. The van der Waals surface area contributed by atoms with Gasteiger partial charge in [0.15, 0.2) is 5.65 Å². The van der Waals surface area contributed by atoms with E-state index in [2.05, 4.69) is 26.3 Å². The fraction of sp³-hybridized carbons (Fsp3) is 0.118. The molecule has 0 bridgehead atoms. The number of pyridine rings is 1. The maximum Gasteiger partial charge on any atom is 0.166 e. The van der Waals surface area contributed by atoms with E-state index in [1.54, 1.807) is 17.4 Å². The minimum Gasteiger partial charge on any atom is -0.386 e. The highest BCUT2D eigenvalue weighted by Gasteiger charge is 2.13. The number of nitrogens with one attached hydrogen (secondary N) is 1.